The maximum atomic E-state index is 10.3. The summed E-state index contributed by atoms with van der Waals surface area (Å²) in [5, 5.41) is 35.5. The van der Waals surface area contributed by atoms with E-state index >= 15 is 0 Å². The third-order valence-electron chi connectivity index (χ3n) is 1.28. The van der Waals surface area contributed by atoms with Crippen LogP contribution in [-0.4, -0.2) is 38.8 Å². The Morgan fingerprint density at radius 3 is 1.50 bits per heavy atom. The van der Waals surface area contributed by atoms with Crippen LogP contribution in [0.2, 0.25) is 0 Å². The van der Waals surface area contributed by atoms with Crippen LogP contribution in [0, 0.1) is 0 Å². The number of carboxylic acid groups (broad SMARTS) is 3. The molecule has 12 heteroatoms. The van der Waals surface area contributed by atoms with Crippen LogP contribution >= 0.6 is 0 Å². The van der Waals surface area contributed by atoms with E-state index in [0.29, 0.717) is 0 Å². The second-order valence-corrected chi connectivity index (χ2v) is 2.46. The summed E-state index contributed by atoms with van der Waals surface area (Å²) in [6, 6.07) is 0. The molecule has 3 N–H and O–H groups in total. The van der Waals surface area contributed by atoms with Crippen LogP contribution < -0.4 is 111 Å². The first-order valence-electron chi connectivity index (χ1n) is 3.15. The van der Waals surface area contributed by atoms with Crippen LogP contribution in [0.25, 0.3) is 0 Å². The predicted octanol–water partition coefficient (Wildman–Crippen LogP) is -17.6. The molecule has 0 saturated heterocycles. The zero-order chi connectivity index (χ0) is 10.6. The monoisotopic (exact) mass is 314 g/mol. The smallest absolute Gasteiger partial charge is 1.00 e. The Hall–Kier alpha value is 1.59. The first-order chi connectivity index (χ1) is 5.78. The Morgan fingerprint density at radius 2 is 1.33 bits per heavy atom. The van der Waals surface area contributed by atoms with Crippen molar-refractivity contribution in [3.63, 3.8) is 0 Å². The summed E-state index contributed by atoms with van der Waals surface area (Å²) in [7, 11) is 0. The molecule has 1 atom stereocenters. The summed E-state index contributed by atoms with van der Waals surface area (Å²) in [5.74, 6) is -5.34. The SMILES string of the molecule is O=C([O-])CC(O)(CC(=O)O)C(=O)O.[Cl-].[F-].[Na+].[Na+].[Na+]. The van der Waals surface area contributed by atoms with Gasteiger partial charge in [-0.2, -0.15) is 0 Å². The Balaban J connectivity index is -0.0000000720. The number of carbonyl (C=O) groups excluding carboxylic acids is 1. The van der Waals surface area contributed by atoms with Gasteiger partial charge in [0.25, 0.3) is 0 Å². The molecule has 0 aliphatic heterocycles. The van der Waals surface area contributed by atoms with Crippen molar-refractivity contribution in [2.75, 3.05) is 0 Å². The molecule has 0 aromatic carbocycles. The summed E-state index contributed by atoms with van der Waals surface area (Å²) in [4.78, 5) is 30.3. The molecule has 0 saturated carbocycles. The number of hydrogen-bond acceptors (Lipinski definition) is 5. The van der Waals surface area contributed by atoms with E-state index in [-0.39, 0.29) is 106 Å². The third kappa shape index (κ3) is 15.6. The van der Waals surface area contributed by atoms with Crippen molar-refractivity contribution in [2.24, 2.45) is 0 Å². The van der Waals surface area contributed by atoms with E-state index in [1.165, 1.54) is 0 Å². The topological polar surface area (TPSA) is 135 Å². The molecular formula is C6H7ClFNa3O7. The average molecular weight is 315 g/mol. The van der Waals surface area contributed by atoms with Crippen LogP contribution in [0.1, 0.15) is 12.8 Å². The van der Waals surface area contributed by atoms with E-state index in [0.717, 1.165) is 0 Å². The molecule has 0 aromatic heterocycles. The van der Waals surface area contributed by atoms with Gasteiger partial charge >= 0.3 is 101 Å². The number of aliphatic hydroxyl groups is 1. The van der Waals surface area contributed by atoms with E-state index in [1.54, 1.807) is 0 Å². The summed E-state index contributed by atoms with van der Waals surface area (Å²) < 4.78 is 0. The molecule has 0 spiro atoms. The second-order valence-electron chi connectivity index (χ2n) is 2.46. The van der Waals surface area contributed by atoms with Gasteiger partial charge in [-0.1, -0.05) is 0 Å². The maximum absolute atomic E-state index is 10.3. The number of rotatable bonds is 5. The number of carbonyl (C=O) groups is 3. The minimum atomic E-state index is -2.80. The standard InChI is InChI=1S/C6H8O7.ClH.FH.3Na/c7-3(8)1-6(13,5(11)12)2-4(9)10;;;;;/h13H,1-2H2,(H,7,8)(H,9,10)(H,11,12);2*1H;;;/q;;;3*+1/p-3. The zero-order valence-electron chi connectivity index (χ0n) is 10.1. The average Bonchev–Trinajstić information content (AvgIpc) is 1.82. The second kappa shape index (κ2) is 16.6. The number of carboxylic acids is 3. The molecule has 0 bridgehead atoms. The van der Waals surface area contributed by atoms with Crippen LogP contribution in [0.5, 0.6) is 0 Å². The number of hydrogen-bond donors (Lipinski definition) is 3. The molecule has 7 nitrogen and oxygen atoms in total. The first-order valence-corrected chi connectivity index (χ1v) is 3.15. The fourth-order valence-electron chi connectivity index (χ4n) is 0.703. The number of aliphatic carboxylic acids is 3. The van der Waals surface area contributed by atoms with Gasteiger partial charge < -0.3 is 42.3 Å². The number of halogens is 2. The van der Waals surface area contributed by atoms with E-state index in [4.69, 9.17) is 15.3 Å². The third-order valence-corrected chi connectivity index (χ3v) is 1.28. The van der Waals surface area contributed by atoms with Gasteiger partial charge in [0.2, 0.25) is 0 Å². The summed E-state index contributed by atoms with van der Waals surface area (Å²) >= 11 is 0. The van der Waals surface area contributed by atoms with Gasteiger partial charge in [-0.05, 0) is 0 Å². The molecule has 90 valence electrons. The van der Waals surface area contributed by atoms with Gasteiger partial charge in [0.15, 0.2) is 5.60 Å². The molecule has 0 rings (SSSR count). The van der Waals surface area contributed by atoms with Gasteiger partial charge in [-0.25, -0.2) is 4.79 Å². The minimum Gasteiger partial charge on any atom is -1.00 e. The molecule has 1 unspecified atom stereocenters. The molecular weight excluding hydrogens is 307 g/mol. The van der Waals surface area contributed by atoms with E-state index in [2.05, 4.69) is 0 Å². The largest absolute Gasteiger partial charge is 1.00 e. The van der Waals surface area contributed by atoms with Crippen molar-refractivity contribution in [1.82, 2.24) is 0 Å². The van der Waals surface area contributed by atoms with Gasteiger partial charge in [-0.15, -0.1) is 0 Å². The molecule has 0 radical (unpaired) electrons. The molecule has 0 amide bonds. The summed E-state index contributed by atoms with van der Waals surface area (Å²) in [6.45, 7) is 0. The van der Waals surface area contributed by atoms with Crippen molar-refractivity contribution < 1.29 is 141 Å². The molecule has 18 heavy (non-hydrogen) atoms. The van der Waals surface area contributed by atoms with Crippen molar-refractivity contribution in [1.29, 1.82) is 0 Å². The molecule has 0 aromatic rings. The van der Waals surface area contributed by atoms with Gasteiger partial charge in [0, 0.05) is 12.4 Å². The molecule has 0 heterocycles. The Bertz CT molecular complexity index is 250. The van der Waals surface area contributed by atoms with E-state index < -0.39 is 36.4 Å². The molecule has 0 aliphatic rings. The van der Waals surface area contributed by atoms with E-state index in [9.17, 15) is 19.5 Å². The summed E-state index contributed by atoms with van der Waals surface area (Å²) in [6.07, 6.45) is -2.44. The van der Waals surface area contributed by atoms with Gasteiger partial charge in [-0.3, -0.25) is 4.79 Å². The maximum Gasteiger partial charge on any atom is 1.00 e. The Kier molecular flexibility index (Phi) is 33.9. The minimum absolute atomic E-state index is 0. The van der Waals surface area contributed by atoms with Crippen molar-refractivity contribution in [3.05, 3.63) is 0 Å². The van der Waals surface area contributed by atoms with Crippen LogP contribution in [-0.2, 0) is 14.4 Å². The Labute approximate surface area is 174 Å². The predicted molar refractivity (Wildman–Crippen MR) is 34.5 cm³/mol. The van der Waals surface area contributed by atoms with Crippen LogP contribution in [0.3, 0.4) is 0 Å². The quantitative estimate of drug-likeness (QED) is 0.429. The van der Waals surface area contributed by atoms with Crippen LogP contribution in [0.15, 0.2) is 0 Å². The fraction of sp³-hybridized carbons (Fsp3) is 0.500. The zero-order valence-corrected chi connectivity index (χ0v) is 16.9. The Morgan fingerprint density at radius 1 is 1.00 bits per heavy atom. The van der Waals surface area contributed by atoms with Gasteiger partial charge in [0.1, 0.15) is 0 Å². The fourth-order valence-corrected chi connectivity index (χ4v) is 0.703. The molecule has 0 fully saturated rings. The van der Waals surface area contributed by atoms with Crippen molar-refractivity contribution >= 4 is 17.9 Å². The van der Waals surface area contributed by atoms with Crippen molar-refractivity contribution in [2.45, 2.75) is 18.4 Å². The normalized spacial score (nSPS) is 10.5. The van der Waals surface area contributed by atoms with E-state index in [1.807, 2.05) is 0 Å². The first kappa shape index (κ1) is 36.7. The van der Waals surface area contributed by atoms with Gasteiger partial charge in [0.05, 0.1) is 6.42 Å². The molecule has 0 aliphatic carbocycles. The summed E-state index contributed by atoms with van der Waals surface area (Å²) in [5.41, 5.74) is -2.80. The van der Waals surface area contributed by atoms with Crippen LogP contribution in [0.4, 0.5) is 0 Å². The van der Waals surface area contributed by atoms with Crippen molar-refractivity contribution in [3.8, 4) is 0 Å².